The first kappa shape index (κ1) is 23.4. The van der Waals surface area contributed by atoms with Gasteiger partial charge in [-0.1, -0.05) is 50.5 Å². The summed E-state index contributed by atoms with van der Waals surface area (Å²) < 4.78 is 0.412. The number of rotatable bonds is 12. The SMILES string of the molecule is CCCCCCC[N+](CC)(C(=O)N(C)CC)c1ccc(CC=CCN)cc1. The Morgan fingerprint density at radius 1 is 1.04 bits per heavy atom. The Bertz CT molecular complexity index is 567. The molecule has 0 bridgehead atoms. The second-order valence-electron chi connectivity index (χ2n) is 7.30. The first-order chi connectivity index (χ1) is 13.1. The molecule has 1 aromatic rings. The van der Waals surface area contributed by atoms with Crippen molar-refractivity contribution in [3.63, 3.8) is 0 Å². The molecule has 0 aliphatic heterocycles. The Hall–Kier alpha value is -1.65. The number of hydrogen-bond acceptors (Lipinski definition) is 2. The van der Waals surface area contributed by atoms with Crippen LogP contribution in [0.4, 0.5) is 10.5 Å². The summed E-state index contributed by atoms with van der Waals surface area (Å²) >= 11 is 0. The van der Waals surface area contributed by atoms with E-state index in [-0.39, 0.29) is 6.03 Å². The molecule has 2 N–H and O–H groups in total. The van der Waals surface area contributed by atoms with Gasteiger partial charge in [-0.15, -0.1) is 0 Å². The van der Waals surface area contributed by atoms with Gasteiger partial charge in [-0.2, -0.15) is 0 Å². The predicted molar refractivity (Wildman–Crippen MR) is 118 cm³/mol. The smallest absolute Gasteiger partial charge is 0.327 e. The molecule has 1 atom stereocenters. The molecule has 152 valence electrons. The molecule has 27 heavy (non-hydrogen) atoms. The lowest BCUT2D eigenvalue weighted by atomic mass is 10.1. The van der Waals surface area contributed by atoms with Gasteiger partial charge >= 0.3 is 6.03 Å². The topological polar surface area (TPSA) is 46.3 Å². The second kappa shape index (κ2) is 12.7. The van der Waals surface area contributed by atoms with Crippen molar-refractivity contribution in [1.29, 1.82) is 0 Å². The van der Waals surface area contributed by atoms with Crippen LogP contribution in [0, 0.1) is 0 Å². The number of carbonyl (C=O) groups excluding carboxylic acids is 1. The minimum Gasteiger partial charge on any atom is -0.327 e. The zero-order valence-electron chi connectivity index (χ0n) is 17.9. The molecule has 0 spiro atoms. The number of nitrogens with two attached hydrogens (primary N) is 1. The molecular formula is C23H40N3O+. The highest BCUT2D eigenvalue weighted by molar-refractivity contribution is 5.87. The number of allylic oxidation sites excluding steroid dienone is 1. The molecule has 4 nitrogen and oxygen atoms in total. The summed E-state index contributed by atoms with van der Waals surface area (Å²) in [4.78, 5) is 15.2. The molecule has 1 aromatic carbocycles. The number of amides is 2. The van der Waals surface area contributed by atoms with E-state index in [0.717, 1.165) is 38.2 Å². The molecule has 0 aliphatic carbocycles. The minimum absolute atomic E-state index is 0.200. The minimum atomic E-state index is 0.200. The average molecular weight is 375 g/mol. The van der Waals surface area contributed by atoms with E-state index < -0.39 is 0 Å². The maximum atomic E-state index is 13.3. The number of hydrogen-bond donors (Lipinski definition) is 1. The summed E-state index contributed by atoms with van der Waals surface area (Å²) in [5.41, 5.74) is 7.86. The van der Waals surface area contributed by atoms with Crippen LogP contribution in [0.2, 0.25) is 0 Å². The highest BCUT2D eigenvalue weighted by Crippen LogP contribution is 2.27. The van der Waals surface area contributed by atoms with E-state index in [0.29, 0.717) is 11.0 Å². The van der Waals surface area contributed by atoms with Crippen LogP contribution in [0.5, 0.6) is 0 Å². The second-order valence-corrected chi connectivity index (χ2v) is 7.30. The number of unbranched alkanes of at least 4 members (excludes halogenated alkanes) is 4. The van der Waals surface area contributed by atoms with Crippen molar-refractivity contribution in [3.8, 4) is 0 Å². The number of quaternary nitrogens is 1. The van der Waals surface area contributed by atoms with Crippen molar-refractivity contribution in [2.45, 2.75) is 59.3 Å². The third-order valence-electron chi connectivity index (χ3n) is 5.44. The Balaban J connectivity index is 3.04. The van der Waals surface area contributed by atoms with Crippen molar-refractivity contribution in [3.05, 3.63) is 42.0 Å². The fraction of sp³-hybridized carbons (Fsp3) is 0.609. The number of nitrogens with zero attached hydrogens (tertiary/aromatic N) is 2. The Labute approximate surface area is 166 Å². The average Bonchev–Trinajstić information content (AvgIpc) is 2.71. The van der Waals surface area contributed by atoms with Gasteiger partial charge in [0, 0.05) is 20.1 Å². The van der Waals surface area contributed by atoms with Gasteiger partial charge in [-0.05, 0) is 50.8 Å². The van der Waals surface area contributed by atoms with Gasteiger partial charge in [0.05, 0.1) is 13.1 Å². The standard InChI is InChI=1S/C23H40N3O/c1-5-8-9-10-13-20-26(7-3,23(27)25(4)6-2)22-17-15-21(16-18-22)14-11-12-19-24/h11-12,15-18H,5-10,13-14,19-20,24H2,1-4H3/q+1. The highest BCUT2D eigenvalue weighted by Gasteiger charge is 2.39. The molecule has 0 aliphatic rings. The summed E-state index contributed by atoms with van der Waals surface area (Å²) in [5.74, 6) is 0. The van der Waals surface area contributed by atoms with Crippen LogP contribution in [0.3, 0.4) is 0 Å². The monoisotopic (exact) mass is 374 g/mol. The molecule has 2 amide bonds. The molecule has 0 radical (unpaired) electrons. The Morgan fingerprint density at radius 2 is 1.70 bits per heavy atom. The molecule has 0 saturated carbocycles. The summed E-state index contributed by atoms with van der Waals surface area (Å²) in [7, 11) is 1.91. The number of benzene rings is 1. The molecule has 0 aromatic heterocycles. The van der Waals surface area contributed by atoms with Crippen molar-refractivity contribution in [2.75, 3.05) is 33.2 Å². The van der Waals surface area contributed by atoms with E-state index in [9.17, 15) is 4.79 Å². The molecule has 1 unspecified atom stereocenters. The van der Waals surface area contributed by atoms with Crippen molar-refractivity contribution >= 4 is 11.7 Å². The van der Waals surface area contributed by atoms with E-state index in [4.69, 9.17) is 5.73 Å². The summed E-state index contributed by atoms with van der Waals surface area (Å²) in [5, 5.41) is 0. The van der Waals surface area contributed by atoms with Crippen LogP contribution in [0.15, 0.2) is 36.4 Å². The van der Waals surface area contributed by atoms with Gasteiger partial charge in [0.2, 0.25) is 0 Å². The van der Waals surface area contributed by atoms with Gasteiger partial charge < -0.3 is 5.73 Å². The fourth-order valence-corrected chi connectivity index (χ4v) is 3.49. The first-order valence-corrected chi connectivity index (χ1v) is 10.6. The third kappa shape index (κ3) is 6.78. The van der Waals surface area contributed by atoms with E-state index >= 15 is 0 Å². The highest BCUT2D eigenvalue weighted by atomic mass is 16.2. The zero-order valence-corrected chi connectivity index (χ0v) is 17.9. The lowest BCUT2D eigenvalue weighted by molar-refractivity contribution is 0.167. The molecule has 1 rings (SSSR count). The van der Waals surface area contributed by atoms with Crippen LogP contribution in [-0.2, 0) is 6.42 Å². The van der Waals surface area contributed by atoms with Gasteiger partial charge in [0.15, 0.2) is 0 Å². The van der Waals surface area contributed by atoms with Gasteiger partial charge in [-0.25, -0.2) is 9.28 Å². The largest absolute Gasteiger partial charge is 0.423 e. The van der Waals surface area contributed by atoms with Crippen LogP contribution in [0.1, 0.15) is 58.4 Å². The van der Waals surface area contributed by atoms with E-state index in [1.165, 1.54) is 31.2 Å². The van der Waals surface area contributed by atoms with E-state index in [1.807, 2.05) is 24.9 Å². The maximum absolute atomic E-state index is 13.3. The van der Waals surface area contributed by atoms with Crippen molar-refractivity contribution < 1.29 is 4.79 Å². The zero-order chi connectivity index (χ0) is 20.1. The lowest BCUT2D eigenvalue weighted by Gasteiger charge is -2.37. The lowest BCUT2D eigenvalue weighted by Crippen LogP contribution is -2.59. The van der Waals surface area contributed by atoms with Crippen LogP contribution in [0.25, 0.3) is 0 Å². The summed E-state index contributed by atoms with van der Waals surface area (Å²) in [6, 6.07) is 8.78. The van der Waals surface area contributed by atoms with E-state index in [2.05, 4.69) is 44.2 Å². The maximum Gasteiger partial charge on any atom is 0.423 e. The van der Waals surface area contributed by atoms with Gasteiger partial charge in [0.25, 0.3) is 0 Å². The first-order valence-electron chi connectivity index (χ1n) is 10.6. The van der Waals surface area contributed by atoms with Crippen LogP contribution < -0.4 is 10.2 Å². The van der Waals surface area contributed by atoms with Crippen LogP contribution >= 0.6 is 0 Å². The summed E-state index contributed by atoms with van der Waals surface area (Å²) in [6.45, 7) is 9.36. The number of carbonyl (C=O) groups is 1. The predicted octanol–water partition coefficient (Wildman–Crippen LogP) is 5.11. The summed E-state index contributed by atoms with van der Waals surface area (Å²) in [6.07, 6.45) is 11.0. The normalized spacial score (nSPS) is 13.7. The molecule has 0 saturated heterocycles. The van der Waals surface area contributed by atoms with Crippen molar-refractivity contribution in [1.82, 2.24) is 9.38 Å². The van der Waals surface area contributed by atoms with Gasteiger partial charge in [0.1, 0.15) is 5.69 Å². The van der Waals surface area contributed by atoms with Crippen LogP contribution in [-0.4, -0.2) is 44.2 Å². The molecule has 0 heterocycles. The molecule has 0 fully saturated rings. The fourth-order valence-electron chi connectivity index (χ4n) is 3.49. The molecule has 4 heteroatoms. The number of urea groups is 1. The van der Waals surface area contributed by atoms with E-state index in [1.54, 1.807) is 0 Å². The Kier molecular flexibility index (Phi) is 11.0. The Morgan fingerprint density at radius 3 is 2.26 bits per heavy atom. The van der Waals surface area contributed by atoms with Crippen molar-refractivity contribution in [2.24, 2.45) is 5.73 Å². The van der Waals surface area contributed by atoms with Gasteiger partial charge in [-0.3, -0.25) is 4.90 Å². The third-order valence-corrected chi connectivity index (χ3v) is 5.44. The quantitative estimate of drug-likeness (QED) is 0.314. The molecular weight excluding hydrogens is 334 g/mol.